The number of piperidine rings is 1. The summed E-state index contributed by atoms with van der Waals surface area (Å²) in [4.78, 5) is 20.4. The highest BCUT2D eigenvalue weighted by Crippen LogP contribution is 2.31. The van der Waals surface area contributed by atoms with Crippen LogP contribution < -0.4 is 5.32 Å². The van der Waals surface area contributed by atoms with Crippen LogP contribution in [0.25, 0.3) is 5.69 Å². The van der Waals surface area contributed by atoms with Crippen LogP contribution in [0, 0.1) is 18.7 Å². The lowest BCUT2D eigenvalue weighted by Gasteiger charge is -2.40. The highest BCUT2D eigenvalue weighted by Gasteiger charge is 2.35. The van der Waals surface area contributed by atoms with Gasteiger partial charge in [0.15, 0.2) is 11.6 Å². The summed E-state index contributed by atoms with van der Waals surface area (Å²) in [6.45, 7) is 4.52. The van der Waals surface area contributed by atoms with Gasteiger partial charge in [0.1, 0.15) is 0 Å². The lowest BCUT2D eigenvalue weighted by atomic mass is 9.89. The van der Waals surface area contributed by atoms with Crippen LogP contribution in [0.15, 0.2) is 42.9 Å². The van der Waals surface area contributed by atoms with E-state index in [1.165, 1.54) is 17.2 Å². The molecule has 1 fully saturated rings. The van der Waals surface area contributed by atoms with Crippen LogP contribution >= 0.6 is 0 Å². The Hall–Kier alpha value is -3.50. The number of nitrogens with zero attached hydrogens (tertiary/aromatic N) is 5. The lowest BCUT2D eigenvalue weighted by molar-refractivity contribution is -0.138. The number of benzene rings is 1. The Morgan fingerprint density at radius 3 is 2.62 bits per heavy atom. The Bertz CT molecular complexity index is 1160. The molecule has 1 aliphatic heterocycles. The number of carbonyl (C=O) groups is 1. The monoisotopic (exact) mass is 476 g/mol. The molecule has 11 heteroatoms. The molecule has 4 rings (SSSR count). The van der Waals surface area contributed by atoms with E-state index in [2.05, 4.69) is 20.5 Å². The Morgan fingerprint density at radius 2 is 1.94 bits per heavy atom. The number of likely N-dealkylation sites (tertiary alicyclic amines) is 1. The fraction of sp³-hybridized carbons (Fsp3) is 0.391. The zero-order valence-electron chi connectivity index (χ0n) is 18.7. The van der Waals surface area contributed by atoms with Crippen molar-refractivity contribution in [3.8, 4) is 5.69 Å². The van der Waals surface area contributed by atoms with Gasteiger partial charge in [-0.2, -0.15) is 28.2 Å². The summed E-state index contributed by atoms with van der Waals surface area (Å²) < 4.78 is 52.7. The maximum atomic E-state index is 14.3. The first-order chi connectivity index (χ1) is 16.1. The van der Waals surface area contributed by atoms with Gasteiger partial charge < -0.3 is 10.2 Å². The Morgan fingerprint density at radius 1 is 1.21 bits per heavy atom. The molecule has 1 unspecified atom stereocenters. The van der Waals surface area contributed by atoms with Crippen LogP contribution in [0.3, 0.4) is 0 Å². The molecule has 1 aromatic carbocycles. The number of nitrogens with one attached hydrogen (secondary N) is 1. The number of anilines is 1. The largest absolute Gasteiger partial charge is 0.417 e. The standard InChI is InChI=1S/C23H24F4N6O/c1-14-5-6-19(33-30-7-8-31-33)17(10-14)22(34)32-9-3-4-15(2)20(32)13-29-21-18(24)11-16(12-28-21)23(25,26)27/h5-8,10-12,15,20H,3-4,9,13H2,1-2H3,(H,28,29)/t15?,20-/m1/s1. The fourth-order valence-corrected chi connectivity index (χ4v) is 4.23. The molecule has 0 saturated carbocycles. The van der Waals surface area contributed by atoms with Gasteiger partial charge in [0.25, 0.3) is 5.91 Å². The van der Waals surface area contributed by atoms with Crippen LogP contribution in [0.1, 0.15) is 41.3 Å². The first-order valence-electron chi connectivity index (χ1n) is 10.9. The van der Waals surface area contributed by atoms with E-state index in [1.54, 1.807) is 17.0 Å². The number of hydrogen-bond acceptors (Lipinski definition) is 5. The molecule has 3 aromatic rings. The Labute approximate surface area is 193 Å². The zero-order valence-corrected chi connectivity index (χ0v) is 18.7. The highest BCUT2D eigenvalue weighted by molar-refractivity contribution is 5.98. The number of amides is 1. The first kappa shape index (κ1) is 23.7. The smallest absolute Gasteiger partial charge is 0.366 e. The average Bonchev–Trinajstić information content (AvgIpc) is 3.32. The first-order valence-corrected chi connectivity index (χ1v) is 10.9. The molecule has 0 bridgehead atoms. The summed E-state index contributed by atoms with van der Waals surface area (Å²) in [6, 6.07) is 5.53. The predicted molar refractivity (Wildman–Crippen MR) is 117 cm³/mol. The minimum absolute atomic E-state index is 0.0822. The minimum Gasteiger partial charge on any atom is -0.366 e. The molecule has 0 radical (unpaired) electrons. The van der Waals surface area contributed by atoms with Gasteiger partial charge in [-0.25, -0.2) is 9.37 Å². The normalized spacial score (nSPS) is 18.7. The summed E-state index contributed by atoms with van der Waals surface area (Å²) in [5, 5.41) is 11.1. The summed E-state index contributed by atoms with van der Waals surface area (Å²) in [5.74, 6) is -1.51. The Kier molecular flexibility index (Phi) is 6.54. The van der Waals surface area contributed by atoms with Crippen molar-refractivity contribution in [2.45, 2.75) is 38.9 Å². The van der Waals surface area contributed by atoms with E-state index in [0.717, 1.165) is 18.4 Å². The zero-order chi connectivity index (χ0) is 24.5. The third kappa shape index (κ3) is 4.87. The van der Waals surface area contributed by atoms with Gasteiger partial charge in [-0.1, -0.05) is 18.6 Å². The van der Waals surface area contributed by atoms with E-state index >= 15 is 0 Å². The second kappa shape index (κ2) is 9.40. The molecule has 1 aliphatic rings. The molecule has 7 nitrogen and oxygen atoms in total. The molecule has 2 atom stereocenters. The van der Waals surface area contributed by atoms with Crippen molar-refractivity contribution in [1.82, 2.24) is 24.9 Å². The van der Waals surface area contributed by atoms with Crippen molar-refractivity contribution in [2.75, 3.05) is 18.4 Å². The van der Waals surface area contributed by atoms with Gasteiger partial charge in [0.2, 0.25) is 0 Å². The SMILES string of the molecule is Cc1ccc(-n2nccn2)c(C(=O)N2CCCC(C)[C@H]2CNc2ncc(C(F)(F)F)cc2F)c1. The summed E-state index contributed by atoms with van der Waals surface area (Å²) in [7, 11) is 0. The highest BCUT2D eigenvalue weighted by atomic mass is 19.4. The third-order valence-corrected chi connectivity index (χ3v) is 6.04. The molecule has 1 N–H and O–H groups in total. The second-order valence-corrected chi connectivity index (χ2v) is 8.46. The van der Waals surface area contributed by atoms with Gasteiger partial charge in [0, 0.05) is 19.3 Å². The Balaban J connectivity index is 1.58. The van der Waals surface area contributed by atoms with Gasteiger partial charge in [0.05, 0.1) is 35.2 Å². The quantitative estimate of drug-likeness (QED) is 0.550. The number of hydrogen-bond donors (Lipinski definition) is 1. The third-order valence-electron chi connectivity index (χ3n) is 6.04. The summed E-state index contributed by atoms with van der Waals surface area (Å²) >= 11 is 0. The van der Waals surface area contributed by atoms with E-state index < -0.39 is 17.6 Å². The number of alkyl halides is 3. The second-order valence-electron chi connectivity index (χ2n) is 8.46. The van der Waals surface area contributed by atoms with E-state index in [-0.39, 0.29) is 30.2 Å². The van der Waals surface area contributed by atoms with Crippen molar-refractivity contribution in [3.63, 3.8) is 0 Å². The summed E-state index contributed by atoms with van der Waals surface area (Å²) in [5.41, 5.74) is 0.725. The van der Waals surface area contributed by atoms with E-state index in [1.807, 2.05) is 19.9 Å². The molecule has 180 valence electrons. The molecule has 2 aromatic heterocycles. The molecular weight excluding hydrogens is 452 g/mol. The number of aryl methyl sites for hydroxylation is 1. The van der Waals surface area contributed by atoms with Crippen molar-refractivity contribution in [3.05, 3.63) is 65.4 Å². The molecule has 0 aliphatic carbocycles. The van der Waals surface area contributed by atoms with Gasteiger partial charge in [-0.05, 0) is 43.9 Å². The average molecular weight is 476 g/mol. The lowest BCUT2D eigenvalue weighted by Crippen LogP contribution is -2.51. The topological polar surface area (TPSA) is 75.9 Å². The molecular formula is C23H24F4N6O. The van der Waals surface area contributed by atoms with Crippen LogP contribution in [-0.2, 0) is 6.18 Å². The maximum Gasteiger partial charge on any atom is 0.417 e. The number of carbonyl (C=O) groups excluding carboxylic acids is 1. The van der Waals surface area contributed by atoms with Crippen LogP contribution in [0.2, 0.25) is 0 Å². The van der Waals surface area contributed by atoms with E-state index in [4.69, 9.17) is 0 Å². The fourth-order valence-electron chi connectivity index (χ4n) is 4.23. The number of rotatable bonds is 5. The van der Waals surface area contributed by atoms with Crippen LogP contribution in [-0.4, -0.2) is 49.9 Å². The van der Waals surface area contributed by atoms with Crippen molar-refractivity contribution < 1.29 is 22.4 Å². The van der Waals surface area contributed by atoms with Gasteiger partial charge in [-0.15, -0.1) is 0 Å². The molecule has 1 saturated heterocycles. The van der Waals surface area contributed by atoms with Gasteiger partial charge in [-0.3, -0.25) is 4.79 Å². The molecule has 3 heterocycles. The summed E-state index contributed by atoms with van der Waals surface area (Å²) in [6.07, 6.45) is 0.625. The number of pyridine rings is 1. The van der Waals surface area contributed by atoms with Gasteiger partial charge >= 0.3 is 6.18 Å². The minimum atomic E-state index is -4.68. The van der Waals surface area contributed by atoms with Crippen LogP contribution in [0.4, 0.5) is 23.4 Å². The van der Waals surface area contributed by atoms with Crippen LogP contribution in [0.5, 0.6) is 0 Å². The van der Waals surface area contributed by atoms with E-state index in [9.17, 15) is 22.4 Å². The molecule has 34 heavy (non-hydrogen) atoms. The number of aromatic nitrogens is 4. The van der Waals surface area contributed by atoms with Crippen molar-refractivity contribution in [1.29, 1.82) is 0 Å². The predicted octanol–water partition coefficient (Wildman–Crippen LogP) is 4.48. The van der Waals surface area contributed by atoms with E-state index in [0.29, 0.717) is 30.1 Å². The van der Waals surface area contributed by atoms with Crippen molar-refractivity contribution in [2.24, 2.45) is 5.92 Å². The molecule has 1 amide bonds. The molecule has 0 spiro atoms. The number of halogens is 4. The maximum absolute atomic E-state index is 14.3. The van der Waals surface area contributed by atoms with Crippen molar-refractivity contribution >= 4 is 11.7 Å².